The van der Waals surface area contributed by atoms with Gasteiger partial charge in [-0.15, -0.1) is 0 Å². The molecule has 21 heavy (non-hydrogen) atoms. The van der Waals surface area contributed by atoms with Crippen molar-refractivity contribution in [3.8, 4) is 0 Å². The standard InChI is InChI=1S/C15H21N3O2S/c1-4-18(15-8-6-5-7-12(15)2)21(19,20)14-9-13(10-16-3)17-11-14/h5-9,11,16-17H,4,10H2,1-3H3. The van der Waals surface area contributed by atoms with Gasteiger partial charge in [0, 0.05) is 25.0 Å². The van der Waals surface area contributed by atoms with Crippen LogP contribution in [0.15, 0.2) is 41.4 Å². The van der Waals surface area contributed by atoms with E-state index in [9.17, 15) is 8.42 Å². The molecule has 0 aliphatic rings. The molecule has 2 N–H and O–H groups in total. The molecule has 0 radical (unpaired) electrons. The van der Waals surface area contributed by atoms with Crippen molar-refractivity contribution in [1.29, 1.82) is 0 Å². The highest BCUT2D eigenvalue weighted by molar-refractivity contribution is 7.92. The molecule has 1 heterocycles. The van der Waals surface area contributed by atoms with Crippen LogP contribution in [0.25, 0.3) is 0 Å². The Bertz CT molecular complexity index is 707. The first-order chi connectivity index (χ1) is 10.0. The molecule has 1 aromatic carbocycles. The maximum Gasteiger partial charge on any atom is 0.265 e. The molecule has 0 saturated heterocycles. The Kier molecular flexibility index (Phi) is 4.69. The lowest BCUT2D eigenvalue weighted by atomic mass is 10.2. The Morgan fingerprint density at radius 3 is 2.62 bits per heavy atom. The van der Waals surface area contributed by atoms with Crippen LogP contribution >= 0.6 is 0 Å². The highest BCUT2D eigenvalue weighted by Gasteiger charge is 2.25. The van der Waals surface area contributed by atoms with Crippen molar-refractivity contribution in [2.45, 2.75) is 25.3 Å². The molecule has 0 saturated carbocycles. The first-order valence-corrected chi connectivity index (χ1v) is 8.35. The predicted octanol–water partition coefficient (Wildman–Crippen LogP) is 2.26. The van der Waals surface area contributed by atoms with E-state index in [0.29, 0.717) is 13.1 Å². The second-order valence-corrected chi connectivity index (χ2v) is 6.71. The predicted molar refractivity (Wildman–Crippen MR) is 84.9 cm³/mol. The molecule has 0 bridgehead atoms. The molecule has 5 nitrogen and oxygen atoms in total. The van der Waals surface area contributed by atoms with Crippen molar-refractivity contribution >= 4 is 15.7 Å². The second-order valence-electron chi connectivity index (χ2n) is 4.85. The molecule has 0 atom stereocenters. The van der Waals surface area contributed by atoms with E-state index in [4.69, 9.17) is 0 Å². The molecular formula is C15H21N3O2S. The highest BCUT2D eigenvalue weighted by atomic mass is 32.2. The number of hydrogen-bond acceptors (Lipinski definition) is 3. The van der Waals surface area contributed by atoms with Crippen LogP contribution in [-0.4, -0.2) is 27.0 Å². The maximum atomic E-state index is 12.8. The fourth-order valence-corrected chi connectivity index (χ4v) is 3.86. The quantitative estimate of drug-likeness (QED) is 0.860. The van der Waals surface area contributed by atoms with Gasteiger partial charge in [0.05, 0.1) is 5.69 Å². The van der Waals surface area contributed by atoms with Crippen molar-refractivity contribution in [2.24, 2.45) is 0 Å². The van der Waals surface area contributed by atoms with Crippen molar-refractivity contribution in [3.63, 3.8) is 0 Å². The Balaban J connectivity index is 2.42. The van der Waals surface area contributed by atoms with Gasteiger partial charge in [0.1, 0.15) is 4.90 Å². The zero-order chi connectivity index (χ0) is 15.5. The topological polar surface area (TPSA) is 65.2 Å². The minimum absolute atomic E-state index is 0.290. The van der Waals surface area contributed by atoms with Crippen LogP contribution < -0.4 is 9.62 Å². The van der Waals surface area contributed by atoms with E-state index in [1.165, 1.54) is 4.31 Å². The number of nitrogens with zero attached hydrogens (tertiary/aromatic N) is 1. The summed E-state index contributed by atoms with van der Waals surface area (Å²) in [6, 6.07) is 9.17. The summed E-state index contributed by atoms with van der Waals surface area (Å²) in [6.07, 6.45) is 1.54. The molecule has 0 fully saturated rings. The summed E-state index contributed by atoms with van der Waals surface area (Å²) in [5.41, 5.74) is 2.50. The average molecular weight is 307 g/mol. The summed E-state index contributed by atoms with van der Waals surface area (Å²) in [5, 5.41) is 2.99. The summed E-state index contributed by atoms with van der Waals surface area (Å²) in [5.74, 6) is 0. The van der Waals surface area contributed by atoms with E-state index in [2.05, 4.69) is 10.3 Å². The number of nitrogens with one attached hydrogen (secondary N) is 2. The zero-order valence-electron chi connectivity index (χ0n) is 12.6. The van der Waals surface area contributed by atoms with Crippen molar-refractivity contribution in [2.75, 3.05) is 17.9 Å². The van der Waals surface area contributed by atoms with Gasteiger partial charge in [-0.1, -0.05) is 18.2 Å². The van der Waals surface area contributed by atoms with Crippen molar-refractivity contribution in [3.05, 3.63) is 47.8 Å². The van der Waals surface area contributed by atoms with Crippen LogP contribution in [0.3, 0.4) is 0 Å². The monoisotopic (exact) mass is 307 g/mol. The number of aromatic amines is 1. The number of sulfonamides is 1. The summed E-state index contributed by atoms with van der Waals surface area (Å²) < 4.78 is 27.1. The minimum atomic E-state index is -3.55. The number of rotatable bonds is 6. The van der Waals surface area contributed by atoms with Gasteiger partial charge in [0.25, 0.3) is 10.0 Å². The molecular weight excluding hydrogens is 286 g/mol. The number of aryl methyl sites for hydroxylation is 1. The van der Waals surface area contributed by atoms with Crippen LogP contribution in [-0.2, 0) is 16.6 Å². The maximum absolute atomic E-state index is 12.8. The van der Waals surface area contributed by atoms with Gasteiger partial charge >= 0.3 is 0 Å². The van der Waals surface area contributed by atoms with Crippen LogP contribution in [0.2, 0.25) is 0 Å². The molecule has 114 valence electrons. The Morgan fingerprint density at radius 2 is 2.00 bits per heavy atom. The van der Waals surface area contributed by atoms with E-state index in [1.54, 1.807) is 12.3 Å². The van der Waals surface area contributed by atoms with Gasteiger partial charge in [-0.05, 0) is 38.6 Å². The van der Waals surface area contributed by atoms with E-state index < -0.39 is 10.0 Å². The second kappa shape index (κ2) is 6.32. The van der Waals surface area contributed by atoms with Gasteiger partial charge < -0.3 is 10.3 Å². The number of para-hydroxylation sites is 1. The fraction of sp³-hybridized carbons (Fsp3) is 0.333. The molecule has 2 rings (SSSR count). The first-order valence-electron chi connectivity index (χ1n) is 6.91. The first kappa shape index (κ1) is 15.6. The molecule has 0 amide bonds. The summed E-state index contributed by atoms with van der Waals surface area (Å²) in [6.45, 7) is 4.74. The number of anilines is 1. The van der Waals surface area contributed by atoms with Crippen LogP contribution in [0.4, 0.5) is 5.69 Å². The lowest BCUT2D eigenvalue weighted by Crippen LogP contribution is -2.31. The van der Waals surface area contributed by atoms with E-state index >= 15 is 0 Å². The smallest absolute Gasteiger partial charge is 0.265 e. The van der Waals surface area contributed by atoms with Crippen LogP contribution in [0.1, 0.15) is 18.2 Å². The third kappa shape index (κ3) is 3.11. The normalized spacial score (nSPS) is 11.6. The third-order valence-corrected chi connectivity index (χ3v) is 5.21. The van der Waals surface area contributed by atoms with Crippen LogP contribution in [0.5, 0.6) is 0 Å². The Labute approximate surface area is 126 Å². The van der Waals surface area contributed by atoms with E-state index in [1.807, 2.05) is 45.2 Å². The van der Waals surface area contributed by atoms with Crippen molar-refractivity contribution in [1.82, 2.24) is 10.3 Å². The molecule has 0 spiro atoms. The van der Waals surface area contributed by atoms with Gasteiger partial charge in [0.15, 0.2) is 0 Å². The van der Waals surface area contributed by atoms with E-state index in [0.717, 1.165) is 16.9 Å². The molecule has 0 unspecified atom stereocenters. The largest absolute Gasteiger partial charge is 0.363 e. The van der Waals surface area contributed by atoms with Gasteiger partial charge in [0.2, 0.25) is 0 Å². The highest BCUT2D eigenvalue weighted by Crippen LogP contribution is 2.26. The molecule has 1 aromatic heterocycles. The minimum Gasteiger partial charge on any atom is -0.363 e. The third-order valence-electron chi connectivity index (χ3n) is 3.34. The van der Waals surface area contributed by atoms with E-state index in [-0.39, 0.29) is 4.90 Å². The van der Waals surface area contributed by atoms with Crippen molar-refractivity contribution < 1.29 is 8.42 Å². The lowest BCUT2D eigenvalue weighted by molar-refractivity contribution is 0.592. The van der Waals surface area contributed by atoms with Gasteiger partial charge in [-0.3, -0.25) is 4.31 Å². The van der Waals surface area contributed by atoms with Gasteiger partial charge in [-0.25, -0.2) is 8.42 Å². The summed E-state index contributed by atoms with van der Waals surface area (Å²) in [4.78, 5) is 3.28. The summed E-state index contributed by atoms with van der Waals surface area (Å²) in [7, 11) is -1.73. The number of benzene rings is 1. The fourth-order valence-electron chi connectivity index (χ4n) is 2.30. The lowest BCUT2D eigenvalue weighted by Gasteiger charge is -2.23. The van der Waals surface area contributed by atoms with Gasteiger partial charge in [-0.2, -0.15) is 0 Å². The number of hydrogen-bond donors (Lipinski definition) is 2. The molecule has 2 aromatic rings. The Morgan fingerprint density at radius 1 is 1.29 bits per heavy atom. The SMILES string of the molecule is CCN(c1ccccc1C)S(=O)(=O)c1c[nH]c(CNC)c1. The summed E-state index contributed by atoms with van der Waals surface area (Å²) >= 11 is 0. The van der Waals surface area contributed by atoms with Crippen LogP contribution in [0, 0.1) is 6.92 Å². The molecule has 0 aliphatic carbocycles. The molecule has 0 aliphatic heterocycles. The number of aromatic nitrogens is 1. The zero-order valence-corrected chi connectivity index (χ0v) is 13.4. The number of H-pyrrole nitrogens is 1. The Hall–Kier alpha value is -1.79. The average Bonchev–Trinajstić information content (AvgIpc) is 2.91. The molecule has 6 heteroatoms.